The van der Waals surface area contributed by atoms with Crippen molar-refractivity contribution in [3.8, 4) is 0 Å². The first-order chi connectivity index (χ1) is 9.15. The summed E-state index contributed by atoms with van der Waals surface area (Å²) in [5.74, 6) is 0.379. The number of anilines is 1. The molecular formula is C13H13BrN2OS2. The molecule has 0 aliphatic carbocycles. The highest BCUT2D eigenvalue weighted by atomic mass is 79.9. The summed E-state index contributed by atoms with van der Waals surface area (Å²) in [6.07, 6.45) is 0. The quantitative estimate of drug-likeness (QED) is 0.636. The van der Waals surface area contributed by atoms with Crippen molar-refractivity contribution < 1.29 is 4.79 Å². The van der Waals surface area contributed by atoms with Gasteiger partial charge in [0.05, 0.1) is 12.3 Å². The largest absolute Gasteiger partial charge is 0.398 e. The molecule has 3 nitrogen and oxygen atoms in total. The number of thiophene rings is 1. The Balaban J connectivity index is 1.81. The van der Waals surface area contributed by atoms with Gasteiger partial charge in [0, 0.05) is 19.9 Å². The monoisotopic (exact) mass is 356 g/mol. The molecule has 0 bridgehead atoms. The first-order valence-corrected chi connectivity index (χ1v) is 8.28. The highest BCUT2D eigenvalue weighted by Crippen LogP contribution is 2.28. The summed E-state index contributed by atoms with van der Waals surface area (Å²) in [5.41, 5.74) is 6.55. The summed E-state index contributed by atoms with van der Waals surface area (Å²) in [4.78, 5) is 13.8. The van der Waals surface area contributed by atoms with E-state index in [9.17, 15) is 4.79 Å². The van der Waals surface area contributed by atoms with Crippen LogP contribution in [-0.4, -0.2) is 11.7 Å². The number of carbonyl (C=O) groups is 1. The van der Waals surface area contributed by atoms with Gasteiger partial charge in [0.15, 0.2) is 0 Å². The second kappa shape index (κ2) is 6.98. The third-order valence-electron chi connectivity index (χ3n) is 2.37. The highest BCUT2D eigenvalue weighted by molar-refractivity contribution is 9.10. The molecule has 1 amide bonds. The predicted molar refractivity (Wildman–Crippen MR) is 85.4 cm³/mol. The minimum absolute atomic E-state index is 0.0118. The van der Waals surface area contributed by atoms with Crippen LogP contribution in [0.1, 0.15) is 4.88 Å². The Morgan fingerprint density at radius 3 is 3.00 bits per heavy atom. The van der Waals surface area contributed by atoms with E-state index in [2.05, 4.69) is 21.2 Å². The molecule has 1 aromatic carbocycles. The van der Waals surface area contributed by atoms with Gasteiger partial charge in [0.1, 0.15) is 0 Å². The van der Waals surface area contributed by atoms with Gasteiger partial charge in [-0.2, -0.15) is 0 Å². The fourth-order valence-electron chi connectivity index (χ4n) is 1.43. The number of nitrogen functional groups attached to an aromatic ring is 1. The predicted octanol–water partition coefficient (Wildman–Crippen LogP) is 3.50. The molecule has 0 radical (unpaired) electrons. The molecule has 0 unspecified atom stereocenters. The molecular weight excluding hydrogens is 344 g/mol. The van der Waals surface area contributed by atoms with Crippen LogP contribution in [0.15, 0.2) is 45.1 Å². The average Bonchev–Trinajstić information content (AvgIpc) is 2.90. The van der Waals surface area contributed by atoms with E-state index in [0.29, 0.717) is 18.0 Å². The summed E-state index contributed by atoms with van der Waals surface area (Å²) in [6, 6.07) is 9.62. The lowest BCUT2D eigenvalue weighted by molar-refractivity contribution is -0.118. The van der Waals surface area contributed by atoms with Crippen molar-refractivity contribution in [2.24, 2.45) is 0 Å². The molecule has 0 aliphatic rings. The van der Waals surface area contributed by atoms with Gasteiger partial charge in [-0.15, -0.1) is 23.1 Å². The van der Waals surface area contributed by atoms with Crippen molar-refractivity contribution in [3.05, 3.63) is 45.1 Å². The van der Waals surface area contributed by atoms with E-state index < -0.39 is 0 Å². The smallest absolute Gasteiger partial charge is 0.230 e. The van der Waals surface area contributed by atoms with Gasteiger partial charge in [-0.05, 0) is 29.6 Å². The number of amides is 1. The zero-order valence-electron chi connectivity index (χ0n) is 10.1. The minimum Gasteiger partial charge on any atom is -0.398 e. The van der Waals surface area contributed by atoms with E-state index in [0.717, 1.165) is 14.2 Å². The number of nitrogens with two attached hydrogens (primary N) is 1. The maximum absolute atomic E-state index is 11.7. The Hall–Kier alpha value is -0.980. The van der Waals surface area contributed by atoms with Crippen LogP contribution >= 0.6 is 39.0 Å². The van der Waals surface area contributed by atoms with Gasteiger partial charge in [0.2, 0.25) is 5.91 Å². The van der Waals surface area contributed by atoms with Gasteiger partial charge in [-0.3, -0.25) is 4.79 Å². The molecule has 0 saturated carbocycles. The lowest BCUT2D eigenvalue weighted by Crippen LogP contribution is -2.24. The van der Waals surface area contributed by atoms with Crippen molar-refractivity contribution in [2.45, 2.75) is 11.4 Å². The summed E-state index contributed by atoms with van der Waals surface area (Å²) >= 11 is 6.47. The molecule has 19 heavy (non-hydrogen) atoms. The molecule has 1 heterocycles. The number of halogens is 1. The fraction of sp³-hybridized carbons (Fsp3) is 0.154. The minimum atomic E-state index is 0.0118. The number of hydrogen-bond acceptors (Lipinski definition) is 4. The second-order valence-corrected chi connectivity index (χ2v) is 6.79. The summed E-state index contributed by atoms with van der Waals surface area (Å²) in [5, 5.41) is 4.89. The van der Waals surface area contributed by atoms with E-state index in [-0.39, 0.29) is 5.91 Å². The van der Waals surface area contributed by atoms with Crippen molar-refractivity contribution >= 4 is 50.6 Å². The molecule has 1 aromatic heterocycles. The Bertz CT molecular complexity index is 558. The summed E-state index contributed by atoms with van der Waals surface area (Å²) in [6.45, 7) is 0.588. The Morgan fingerprint density at radius 2 is 2.26 bits per heavy atom. The first kappa shape index (κ1) is 14.4. The topological polar surface area (TPSA) is 55.1 Å². The van der Waals surface area contributed by atoms with Crippen LogP contribution in [0, 0.1) is 0 Å². The van der Waals surface area contributed by atoms with Crippen LogP contribution in [0.25, 0.3) is 0 Å². The van der Waals surface area contributed by atoms with Gasteiger partial charge in [-0.1, -0.05) is 22.0 Å². The molecule has 0 fully saturated rings. The maximum Gasteiger partial charge on any atom is 0.230 e. The number of nitrogens with one attached hydrogen (secondary N) is 1. The lowest BCUT2D eigenvalue weighted by Gasteiger charge is -2.06. The molecule has 2 rings (SSSR count). The standard InChI is InChI=1S/C13H13BrN2OS2/c14-9-3-4-11(15)12(6-9)19-8-13(17)16-7-10-2-1-5-18-10/h1-6H,7-8,15H2,(H,16,17). The van der Waals surface area contributed by atoms with Crippen LogP contribution in [0.2, 0.25) is 0 Å². The molecule has 100 valence electrons. The highest BCUT2D eigenvalue weighted by Gasteiger charge is 2.06. The Morgan fingerprint density at radius 1 is 1.42 bits per heavy atom. The van der Waals surface area contributed by atoms with Crippen LogP contribution < -0.4 is 11.1 Å². The molecule has 3 N–H and O–H groups in total. The zero-order chi connectivity index (χ0) is 13.7. The Labute approximate surface area is 128 Å². The van der Waals surface area contributed by atoms with Gasteiger partial charge >= 0.3 is 0 Å². The third kappa shape index (κ3) is 4.56. The molecule has 6 heteroatoms. The number of carbonyl (C=O) groups excluding carboxylic acids is 1. The van der Waals surface area contributed by atoms with E-state index in [4.69, 9.17) is 5.73 Å². The number of hydrogen-bond donors (Lipinski definition) is 2. The SMILES string of the molecule is Nc1ccc(Br)cc1SCC(=O)NCc1cccs1. The molecule has 0 atom stereocenters. The Kier molecular flexibility index (Phi) is 5.30. The molecule has 2 aromatic rings. The van der Waals surface area contributed by atoms with Gasteiger partial charge in [0.25, 0.3) is 0 Å². The van der Waals surface area contributed by atoms with Crippen molar-refractivity contribution in [1.82, 2.24) is 5.32 Å². The molecule has 0 spiro atoms. The average molecular weight is 357 g/mol. The van der Waals surface area contributed by atoms with Crippen LogP contribution in [0.5, 0.6) is 0 Å². The van der Waals surface area contributed by atoms with Crippen molar-refractivity contribution in [1.29, 1.82) is 0 Å². The van der Waals surface area contributed by atoms with E-state index in [1.165, 1.54) is 11.8 Å². The first-order valence-electron chi connectivity index (χ1n) is 5.62. The number of benzene rings is 1. The summed E-state index contributed by atoms with van der Waals surface area (Å²) < 4.78 is 0.961. The lowest BCUT2D eigenvalue weighted by atomic mass is 10.3. The van der Waals surface area contributed by atoms with Crippen molar-refractivity contribution in [3.63, 3.8) is 0 Å². The van der Waals surface area contributed by atoms with E-state index >= 15 is 0 Å². The van der Waals surface area contributed by atoms with E-state index in [1.54, 1.807) is 11.3 Å². The van der Waals surface area contributed by atoms with Crippen LogP contribution in [0.3, 0.4) is 0 Å². The molecule has 0 saturated heterocycles. The molecule has 0 aliphatic heterocycles. The van der Waals surface area contributed by atoms with E-state index in [1.807, 2.05) is 35.7 Å². The van der Waals surface area contributed by atoms with Gasteiger partial charge in [-0.25, -0.2) is 0 Å². The summed E-state index contributed by atoms with van der Waals surface area (Å²) in [7, 11) is 0. The zero-order valence-corrected chi connectivity index (χ0v) is 13.3. The number of rotatable bonds is 5. The van der Waals surface area contributed by atoms with Crippen molar-refractivity contribution in [2.75, 3.05) is 11.5 Å². The number of thioether (sulfide) groups is 1. The second-order valence-electron chi connectivity index (χ2n) is 3.83. The fourth-order valence-corrected chi connectivity index (χ4v) is 3.42. The van der Waals surface area contributed by atoms with Gasteiger partial charge < -0.3 is 11.1 Å². The normalized spacial score (nSPS) is 10.4. The van der Waals surface area contributed by atoms with Crippen LogP contribution in [0.4, 0.5) is 5.69 Å². The third-order valence-corrected chi connectivity index (χ3v) is 4.81. The maximum atomic E-state index is 11.7. The van der Waals surface area contributed by atoms with Crippen LogP contribution in [-0.2, 0) is 11.3 Å².